The number of nitrogens with zero attached hydrogens (tertiary/aromatic N) is 2. The van der Waals surface area contributed by atoms with Crippen LogP contribution in [-0.4, -0.2) is 26.3 Å². The predicted octanol–water partition coefficient (Wildman–Crippen LogP) is 2.67. The van der Waals surface area contributed by atoms with Crippen LogP contribution in [0.4, 0.5) is 0 Å². The number of aliphatic hydroxyl groups is 1. The third kappa shape index (κ3) is 3.85. The van der Waals surface area contributed by atoms with E-state index in [1.165, 1.54) is 0 Å². The van der Waals surface area contributed by atoms with Crippen molar-refractivity contribution in [2.45, 2.75) is 32.0 Å². The first-order valence-corrected chi connectivity index (χ1v) is 7.61. The zero-order valence-corrected chi connectivity index (χ0v) is 12.9. The van der Waals surface area contributed by atoms with Gasteiger partial charge in [0, 0.05) is 36.1 Å². The number of nitrogens with one attached hydrogen (secondary N) is 2. The van der Waals surface area contributed by atoms with E-state index < -0.39 is 6.10 Å². The summed E-state index contributed by atoms with van der Waals surface area (Å²) in [7, 11) is 0. The van der Waals surface area contributed by atoms with Gasteiger partial charge in [-0.2, -0.15) is 5.10 Å². The van der Waals surface area contributed by atoms with E-state index in [0.717, 1.165) is 16.8 Å². The molecular weight excluding hydrogens is 292 g/mol. The molecule has 6 nitrogen and oxygen atoms in total. The zero-order valence-electron chi connectivity index (χ0n) is 12.9. The van der Waals surface area contributed by atoms with Crippen LogP contribution in [-0.2, 0) is 6.54 Å². The lowest BCUT2D eigenvalue weighted by atomic mass is 10.1. The van der Waals surface area contributed by atoms with Crippen molar-refractivity contribution in [3.05, 3.63) is 60.4 Å². The standard InChI is InChI=1S/C17H20N4O2/c1-12(8-15(22)16-5-3-7-23-16)19-10-14-11-20-21-17(14)13-4-2-6-18-9-13/h2-7,9,11-12,15,19,22H,8,10H2,1H3,(H,20,21). The van der Waals surface area contributed by atoms with Gasteiger partial charge in [-0.05, 0) is 37.6 Å². The largest absolute Gasteiger partial charge is 0.467 e. The molecule has 0 fully saturated rings. The number of H-pyrrole nitrogens is 1. The highest BCUT2D eigenvalue weighted by Crippen LogP contribution is 2.21. The van der Waals surface area contributed by atoms with E-state index in [1.807, 2.05) is 25.3 Å². The van der Waals surface area contributed by atoms with Crippen LogP contribution < -0.4 is 5.32 Å². The van der Waals surface area contributed by atoms with Crippen LogP contribution in [0.1, 0.15) is 30.8 Å². The SMILES string of the molecule is CC(CC(O)c1ccco1)NCc1cn[nH]c1-c1cccnc1. The summed E-state index contributed by atoms with van der Waals surface area (Å²) in [6.07, 6.45) is 6.91. The molecule has 3 aromatic rings. The Kier molecular flexibility index (Phi) is 4.85. The Balaban J connectivity index is 1.58. The number of aromatic amines is 1. The topological polar surface area (TPSA) is 87.0 Å². The molecular formula is C17H20N4O2. The van der Waals surface area contributed by atoms with E-state index in [-0.39, 0.29) is 6.04 Å². The summed E-state index contributed by atoms with van der Waals surface area (Å²) in [4.78, 5) is 4.13. The number of pyridine rings is 1. The lowest BCUT2D eigenvalue weighted by Crippen LogP contribution is -2.27. The lowest BCUT2D eigenvalue weighted by Gasteiger charge is -2.16. The molecule has 2 atom stereocenters. The van der Waals surface area contributed by atoms with Crippen LogP contribution in [0.2, 0.25) is 0 Å². The van der Waals surface area contributed by atoms with E-state index >= 15 is 0 Å². The summed E-state index contributed by atoms with van der Waals surface area (Å²) in [5.74, 6) is 0.595. The third-order valence-electron chi connectivity index (χ3n) is 3.76. The van der Waals surface area contributed by atoms with Gasteiger partial charge in [0.25, 0.3) is 0 Å². The van der Waals surface area contributed by atoms with Crippen LogP contribution in [0, 0.1) is 0 Å². The molecule has 0 saturated carbocycles. The number of aromatic nitrogens is 3. The molecule has 0 aliphatic rings. The van der Waals surface area contributed by atoms with Gasteiger partial charge in [0.2, 0.25) is 0 Å². The van der Waals surface area contributed by atoms with Crippen LogP contribution in [0.25, 0.3) is 11.3 Å². The lowest BCUT2D eigenvalue weighted by molar-refractivity contribution is 0.128. The minimum absolute atomic E-state index is 0.131. The number of furan rings is 1. The molecule has 3 heterocycles. The number of hydrogen-bond acceptors (Lipinski definition) is 5. The van der Waals surface area contributed by atoms with E-state index in [0.29, 0.717) is 18.7 Å². The zero-order chi connectivity index (χ0) is 16.1. The van der Waals surface area contributed by atoms with Crippen molar-refractivity contribution in [1.82, 2.24) is 20.5 Å². The first-order chi connectivity index (χ1) is 11.2. The third-order valence-corrected chi connectivity index (χ3v) is 3.76. The highest BCUT2D eigenvalue weighted by atomic mass is 16.4. The quantitative estimate of drug-likeness (QED) is 0.624. The monoisotopic (exact) mass is 312 g/mol. The van der Waals surface area contributed by atoms with Gasteiger partial charge in [-0.3, -0.25) is 10.1 Å². The van der Waals surface area contributed by atoms with Crippen molar-refractivity contribution in [3.8, 4) is 11.3 Å². The number of rotatable bonds is 7. The van der Waals surface area contributed by atoms with Crippen LogP contribution in [0.3, 0.4) is 0 Å². The van der Waals surface area contributed by atoms with Gasteiger partial charge in [-0.25, -0.2) is 0 Å². The summed E-state index contributed by atoms with van der Waals surface area (Å²) in [6, 6.07) is 7.59. The maximum absolute atomic E-state index is 10.1. The fraction of sp³-hybridized carbons (Fsp3) is 0.294. The normalized spacial score (nSPS) is 13.8. The molecule has 0 bridgehead atoms. The summed E-state index contributed by atoms with van der Waals surface area (Å²) in [5.41, 5.74) is 3.03. The fourth-order valence-electron chi connectivity index (χ4n) is 2.51. The summed E-state index contributed by atoms with van der Waals surface area (Å²) in [5, 5.41) is 20.7. The summed E-state index contributed by atoms with van der Waals surface area (Å²) in [6.45, 7) is 2.70. The molecule has 23 heavy (non-hydrogen) atoms. The molecule has 120 valence electrons. The minimum atomic E-state index is -0.602. The second-order valence-corrected chi connectivity index (χ2v) is 5.56. The van der Waals surface area contributed by atoms with E-state index in [2.05, 4.69) is 20.5 Å². The van der Waals surface area contributed by atoms with Gasteiger partial charge in [0.15, 0.2) is 0 Å². The molecule has 0 spiro atoms. The minimum Gasteiger partial charge on any atom is -0.467 e. The number of aliphatic hydroxyl groups excluding tert-OH is 1. The molecule has 0 saturated heterocycles. The van der Waals surface area contributed by atoms with Gasteiger partial charge < -0.3 is 14.8 Å². The second kappa shape index (κ2) is 7.21. The van der Waals surface area contributed by atoms with Crippen molar-refractivity contribution < 1.29 is 9.52 Å². The Morgan fingerprint density at radius 3 is 2.96 bits per heavy atom. The fourth-order valence-corrected chi connectivity index (χ4v) is 2.51. The smallest absolute Gasteiger partial charge is 0.132 e. The first kappa shape index (κ1) is 15.5. The van der Waals surface area contributed by atoms with Crippen LogP contribution >= 0.6 is 0 Å². The molecule has 2 unspecified atom stereocenters. The Bertz CT molecular complexity index is 709. The highest BCUT2D eigenvalue weighted by molar-refractivity contribution is 5.61. The van der Waals surface area contributed by atoms with Crippen LogP contribution in [0.15, 0.2) is 53.5 Å². The van der Waals surface area contributed by atoms with Crippen LogP contribution in [0.5, 0.6) is 0 Å². The van der Waals surface area contributed by atoms with Gasteiger partial charge in [-0.1, -0.05) is 0 Å². The highest BCUT2D eigenvalue weighted by Gasteiger charge is 2.15. The van der Waals surface area contributed by atoms with Gasteiger partial charge >= 0.3 is 0 Å². The average molecular weight is 312 g/mol. The Hall–Kier alpha value is -2.44. The Morgan fingerprint density at radius 1 is 1.30 bits per heavy atom. The molecule has 3 rings (SSSR count). The molecule has 0 aromatic carbocycles. The van der Waals surface area contributed by atoms with Gasteiger partial charge in [0.05, 0.1) is 18.2 Å². The average Bonchev–Trinajstić information content (AvgIpc) is 3.25. The molecule has 6 heteroatoms. The molecule has 0 radical (unpaired) electrons. The maximum atomic E-state index is 10.1. The maximum Gasteiger partial charge on any atom is 0.132 e. The molecule has 0 amide bonds. The Labute approximate surface area is 134 Å². The number of hydrogen-bond donors (Lipinski definition) is 3. The predicted molar refractivity (Wildman–Crippen MR) is 86.4 cm³/mol. The first-order valence-electron chi connectivity index (χ1n) is 7.61. The molecule has 0 aliphatic heterocycles. The Morgan fingerprint density at radius 2 is 2.22 bits per heavy atom. The van der Waals surface area contributed by atoms with Crippen molar-refractivity contribution in [3.63, 3.8) is 0 Å². The molecule has 0 aliphatic carbocycles. The summed E-state index contributed by atoms with van der Waals surface area (Å²) < 4.78 is 5.22. The summed E-state index contributed by atoms with van der Waals surface area (Å²) >= 11 is 0. The van der Waals surface area contributed by atoms with Gasteiger partial charge in [-0.15, -0.1) is 0 Å². The van der Waals surface area contributed by atoms with E-state index in [9.17, 15) is 5.11 Å². The van der Waals surface area contributed by atoms with Crippen molar-refractivity contribution in [2.75, 3.05) is 0 Å². The second-order valence-electron chi connectivity index (χ2n) is 5.56. The van der Waals surface area contributed by atoms with Crippen molar-refractivity contribution in [2.24, 2.45) is 0 Å². The van der Waals surface area contributed by atoms with E-state index in [4.69, 9.17) is 4.42 Å². The van der Waals surface area contributed by atoms with E-state index in [1.54, 1.807) is 30.8 Å². The molecule has 3 aromatic heterocycles. The van der Waals surface area contributed by atoms with Crippen molar-refractivity contribution >= 4 is 0 Å². The van der Waals surface area contributed by atoms with Gasteiger partial charge in [0.1, 0.15) is 11.9 Å². The molecule has 3 N–H and O–H groups in total. The van der Waals surface area contributed by atoms with Crippen molar-refractivity contribution in [1.29, 1.82) is 0 Å².